The molecule has 0 amide bonds. The van der Waals surface area contributed by atoms with Gasteiger partial charge in [-0.2, -0.15) is 0 Å². The number of rotatable bonds is 0. The summed E-state index contributed by atoms with van der Waals surface area (Å²) in [6.45, 7) is 0.287. The zero-order valence-corrected chi connectivity index (χ0v) is 8.29. The van der Waals surface area contributed by atoms with Gasteiger partial charge >= 0.3 is 0 Å². The van der Waals surface area contributed by atoms with E-state index in [2.05, 4.69) is 15.9 Å². The molecule has 2 atom stereocenters. The monoisotopic (exact) mass is 246 g/mol. The summed E-state index contributed by atoms with van der Waals surface area (Å²) in [7, 11) is 0. The number of alkyl halides is 1. The molecular weight excluding hydrogens is 239 g/mol. The molecule has 0 radical (unpaired) electrons. The molecule has 0 saturated carbocycles. The Kier molecular flexibility index (Phi) is 2.26. The van der Waals surface area contributed by atoms with Crippen LogP contribution in [0, 0.1) is 5.82 Å². The number of benzene rings is 1. The van der Waals surface area contributed by atoms with Gasteiger partial charge in [0.15, 0.2) is 11.6 Å². The molecule has 0 bridgehead atoms. The fourth-order valence-corrected chi connectivity index (χ4v) is 1.78. The summed E-state index contributed by atoms with van der Waals surface area (Å²) in [6.07, 6.45) is -0.695. The molecule has 1 heterocycles. The maximum absolute atomic E-state index is 13.1. The Hall–Kier alpha value is -0.610. The Morgan fingerprint density at radius 3 is 3.08 bits per heavy atom. The van der Waals surface area contributed by atoms with Crippen molar-refractivity contribution in [3.8, 4) is 5.75 Å². The number of halogens is 2. The van der Waals surface area contributed by atoms with Gasteiger partial charge in [-0.05, 0) is 6.07 Å². The van der Waals surface area contributed by atoms with Crippen molar-refractivity contribution in [3.63, 3.8) is 0 Å². The first-order valence-electron chi connectivity index (χ1n) is 3.93. The van der Waals surface area contributed by atoms with Crippen molar-refractivity contribution < 1.29 is 14.2 Å². The topological polar surface area (TPSA) is 29.5 Å². The van der Waals surface area contributed by atoms with Crippen molar-refractivity contribution in [3.05, 3.63) is 29.6 Å². The molecule has 13 heavy (non-hydrogen) atoms. The van der Waals surface area contributed by atoms with Gasteiger partial charge in [0.2, 0.25) is 0 Å². The third kappa shape index (κ3) is 1.44. The summed E-state index contributed by atoms with van der Waals surface area (Å²) < 4.78 is 18.3. The molecule has 0 spiro atoms. The number of hydrogen-bond acceptors (Lipinski definition) is 2. The summed E-state index contributed by atoms with van der Waals surface area (Å²) in [5, 5.41) is 9.66. The maximum Gasteiger partial charge on any atom is 0.165 e. The van der Waals surface area contributed by atoms with Crippen LogP contribution in [0.2, 0.25) is 0 Å². The van der Waals surface area contributed by atoms with Gasteiger partial charge in [-0.15, -0.1) is 0 Å². The van der Waals surface area contributed by atoms with Crippen molar-refractivity contribution in [2.45, 2.75) is 10.9 Å². The maximum atomic E-state index is 13.1. The number of hydrogen-bond donors (Lipinski definition) is 1. The molecule has 2 nitrogen and oxygen atoms in total. The van der Waals surface area contributed by atoms with Crippen LogP contribution >= 0.6 is 15.9 Å². The molecule has 2 unspecified atom stereocenters. The largest absolute Gasteiger partial charge is 0.489 e. The van der Waals surface area contributed by atoms with Crippen LogP contribution in [0.25, 0.3) is 0 Å². The van der Waals surface area contributed by atoms with Gasteiger partial charge in [0.05, 0.1) is 10.9 Å². The van der Waals surface area contributed by atoms with Gasteiger partial charge in [-0.1, -0.05) is 28.1 Å². The van der Waals surface area contributed by atoms with Crippen LogP contribution in [0.3, 0.4) is 0 Å². The third-order valence-electron chi connectivity index (χ3n) is 2.05. The lowest BCUT2D eigenvalue weighted by Crippen LogP contribution is -2.26. The first kappa shape index (κ1) is 8.97. The minimum absolute atomic E-state index is 0.165. The standard InChI is InChI=1S/C9H8BrFO2/c10-6-4-13-9-5(8(6)12)2-1-3-7(9)11/h1-3,6,8,12H,4H2. The van der Waals surface area contributed by atoms with Gasteiger partial charge in [0, 0.05) is 5.56 Å². The molecule has 0 aromatic heterocycles. The van der Waals surface area contributed by atoms with Crippen LogP contribution in [0.4, 0.5) is 4.39 Å². The van der Waals surface area contributed by atoms with E-state index in [0.29, 0.717) is 5.56 Å². The van der Waals surface area contributed by atoms with Crippen molar-refractivity contribution >= 4 is 15.9 Å². The Labute approximate surface area is 83.5 Å². The first-order chi connectivity index (χ1) is 6.20. The van der Waals surface area contributed by atoms with Crippen molar-refractivity contribution in [1.82, 2.24) is 0 Å². The molecule has 0 aliphatic carbocycles. The van der Waals surface area contributed by atoms with E-state index < -0.39 is 11.9 Å². The van der Waals surface area contributed by atoms with E-state index in [1.54, 1.807) is 12.1 Å². The van der Waals surface area contributed by atoms with E-state index in [0.717, 1.165) is 0 Å². The summed E-state index contributed by atoms with van der Waals surface area (Å²) >= 11 is 3.25. The van der Waals surface area contributed by atoms with Crippen LogP contribution in [0.15, 0.2) is 18.2 Å². The average Bonchev–Trinajstić information content (AvgIpc) is 2.12. The van der Waals surface area contributed by atoms with E-state index in [-0.39, 0.29) is 17.2 Å². The Morgan fingerprint density at radius 2 is 2.31 bits per heavy atom. The minimum Gasteiger partial charge on any atom is -0.489 e. The predicted molar refractivity (Wildman–Crippen MR) is 49.6 cm³/mol. The highest BCUT2D eigenvalue weighted by molar-refractivity contribution is 9.09. The number of aliphatic hydroxyl groups is 1. The van der Waals surface area contributed by atoms with E-state index in [9.17, 15) is 9.50 Å². The molecule has 70 valence electrons. The number of aliphatic hydroxyl groups excluding tert-OH is 1. The van der Waals surface area contributed by atoms with Crippen molar-refractivity contribution in [1.29, 1.82) is 0 Å². The molecule has 1 aromatic carbocycles. The smallest absolute Gasteiger partial charge is 0.165 e. The molecule has 0 saturated heterocycles. The minimum atomic E-state index is -0.695. The van der Waals surface area contributed by atoms with Gasteiger partial charge < -0.3 is 9.84 Å². The second kappa shape index (κ2) is 3.27. The summed E-state index contributed by atoms with van der Waals surface area (Å²) in [5.74, 6) is -0.248. The molecule has 1 N–H and O–H groups in total. The Morgan fingerprint density at radius 1 is 1.54 bits per heavy atom. The quantitative estimate of drug-likeness (QED) is 0.710. The fraction of sp³-hybridized carbons (Fsp3) is 0.333. The molecule has 1 aliphatic rings. The summed E-state index contributed by atoms with van der Waals surface area (Å²) in [5.41, 5.74) is 0.508. The van der Waals surface area contributed by atoms with Gasteiger partial charge in [0.25, 0.3) is 0 Å². The highest BCUT2D eigenvalue weighted by atomic mass is 79.9. The van der Waals surface area contributed by atoms with E-state index >= 15 is 0 Å². The van der Waals surface area contributed by atoms with E-state index in [1.165, 1.54) is 6.07 Å². The average molecular weight is 247 g/mol. The highest BCUT2D eigenvalue weighted by Crippen LogP contribution is 2.36. The first-order valence-corrected chi connectivity index (χ1v) is 4.85. The molecule has 4 heteroatoms. The number of para-hydroxylation sites is 1. The molecule has 2 rings (SSSR count). The second-order valence-corrected chi connectivity index (χ2v) is 4.11. The lowest BCUT2D eigenvalue weighted by atomic mass is 10.0. The van der Waals surface area contributed by atoms with Crippen LogP contribution < -0.4 is 4.74 Å². The fourth-order valence-electron chi connectivity index (χ4n) is 1.36. The second-order valence-electron chi connectivity index (χ2n) is 2.93. The van der Waals surface area contributed by atoms with E-state index in [1.807, 2.05) is 0 Å². The van der Waals surface area contributed by atoms with Crippen molar-refractivity contribution in [2.75, 3.05) is 6.61 Å². The molecule has 1 aliphatic heterocycles. The number of fused-ring (bicyclic) bond motifs is 1. The zero-order valence-electron chi connectivity index (χ0n) is 6.71. The Bertz CT molecular complexity index is 329. The van der Waals surface area contributed by atoms with E-state index in [4.69, 9.17) is 4.74 Å². The number of ether oxygens (including phenoxy) is 1. The van der Waals surface area contributed by atoms with Gasteiger partial charge in [-0.3, -0.25) is 0 Å². The highest BCUT2D eigenvalue weighted by Gasteiger charge is 2.28. The lowest BCUT2D eigenvalue weighted by molar-refractivity contribution is 0.122. The van der Waals surface area contributed by atoms with Crippen molar-refractivity contribution in [2.24, 2.45) is 0 Å². The van der Waals surface area contributed by atoms with Gasteiger partial charge in [-0.25, -0.2) is 4.39 Å². The SMILES string of the molecule is OC1c2cccc(F)c2OCC1Br. The molecule has 0 fully saturated rings. The van der Waals surface area contributed by atoms with Crippen LogP contribution in [0.1, 0.15) is 11.7 Å². The lowest BCUT2D eigenvalue weighted by Gasteiger charge is -2.26. The normalized spacial score (nSPS) is 26.4. The zero-order chi connectivity index (χ0) is 9.42. The van der Waals surface area contributed by atoms with Crippen LogP contribution in [-0.4, -0.2) is 16.5 Å². The Balaban J connectivity index is 2.49. The van der Waals surface area contributed by atoms with Crippen LogP contribution in [0.5, 0.6) is 5.75 Å². The molecule has 1 aromatic rings. The molecular formula is C9H8BrFO2. The summed E-state index contributed by atoms with van der Waals surface area (Å²) in [4.78, 5) is -0.165. The predicted octanol–water partition coefficient (Wildman–Crippen LogP) is 2.01. The third-order valence-corrected chi connectivity index (χ3v) is 2.81. The summed E-state index contributed by atoms with van der Waals surface area (Å²) in [6, 6.07) is 4.54. The van der Waals surface area contributed by atoms with Crippen LogP contribution in [-0.2, 0) is 0 Å². The van der Waals surface area contributed by atoms with Gasteiger partial charge in [0.1, 0.15) is 6.61 Å².